The number of esters is 1. The molecule has 10 heteroatoms. The van der Waals surface area contributed by atoms with Crippen LogP contribution in [0.4, 0.5) is 5.69 Å². The summed E-state index contributed by atoms with van der Waals surface area (Å²) in [5.74, 6) is 0.930. The summed E-state index contributed by atoms with van der Waals surface area (Å²) in [5, 5.41) is 12.1. The number of imidazole rings is 1. The second-order valence-corrected chi connectivity index (χ2v) is 7.79. The fourth-order valence-corrected chi connectivity index (χ4v) is 4.03. The highest BCUT2D eigenvalue weighted by atomic mass is 32.2. The van der Waals surface area contributed by atoms with E-state index >= 15 is 0 Å². The van der Waals surface area contributed by atoms with Crippen molar-refractivity contribution in [3.63, 3.8) is 0 Å². The first-order valence-corrected chi connectivity index (χ1v) is 11.2. The van der Waals surface area contributed by atoms with Crippen molar-refractivity contribution in [1.82, 2.24) is 9.55 Å². The van der Waals surface area contributed by atoms with Crippen molar-refractivity contribution in [2.75, 3.05) is 26.1 Å². The van der Waals surface area contributed by atoms with E-state index in [1.54, 1.807) is 13.0 Å². The number of carbonyl (C=O) groups is 1. The monoisotopic (exact) mass is 459 g/mol. The van der Waals surface area contributed by atoms with Crippen molar-refractivity contribution in [3.05, 3.63) is 52.6 Å². The molecule has 3 aromatic rings. The number of nitro groups is 1. The molecule has 0 saturated heterocycles. The first-order chi connectivity index (χ1) is 15.5. The Hall–Kier alpha value is -3.27. The third-order valence-corrected chi connectivity index (χ3v) is 5.56. The Bertz CT molecular complexity index is 1080. The van der Waals surface area contributed by atoms with Crippen LogP contribution in [0, 0.1) is 10.1 Å². The van der Waals surface area contributed by atoms with Crippen molar-refractivity contribution in [3.8, 4) is 11.5 Å². The lowest BCUT2D eigenvalue weighted by molar-refractivity contribution is -0.385. The fraction of sp³-hybridized carbons (Fsp3) is 0.364. The van der Waals surface area contributed by atoms with Crippen LogP contribution in [0.15, 0.2) is 47.6 Å². The predicted molar refractivity (Wildman–Crippen MR) is 121 cm³/mol. The van der Waals surface area contributed by atoms with Gasteiger partial charge >= 0.3 is 11.7 Å². The number of thioether (sulfide) groups is 1. The van der Waals surface area contributed by atoms with Crippen molar-refractivity contribution in [2.45, 2.75) is 31.5 Å². The molecular weight excluding hydrogens is 434 g/mol. The molecule has 0 aliphatic rings. The number of para-hydroxylation sites is 2. The van der Waals surface area contributed by atoms with Crippen molar-refractivity contribution < 1.29 is 23.9 Å². The minimum atomic E-state index is -0.492. The van der Waals surface area contributed by atoms with Gasteiger partial charge in [-0.2, -0.15) is 0 Å². The van der Waals surface area contributed by atoms with Crippen LogP contribution >= 0.6 is 11.8 Å². The summed E-state index contributed by atoms with van der Waals surface area (Å²) < 4.78 is 17.8. The number of nitrogens with zero attached hydrogens (tertiary/aromatic N) is 3. The zero-order valence-corrected chi connectivity index (χ0v) is 18.8. The first kappa shape index (κ1) is 23.4. The van der Waals surface area contributed by atoms with E-state index in [0.717, 1.165) is 16.2 Å². The van der Waals surface area contributed by atoms with Crippen molar-refractivity contribution in [1.29, 1.82) is 0 Å². The lowest BCUT2D eigenvalue weighted by Gasteiger charge is -2.10. The summed E-state index contributed by atoms with van der Waals surface area (Å²) in [5.41, 5.74) is 1.73. The van der Waals surface area contributed by atoms with Crippen LogP contribution in [0.25, 0.3) is 11.0 Å². The summed E-state index contributed by atoms with van der Waals surface area (Å²) in [6, 6.07) is 12.3. The maximum absolute atomic E-state index is 11.7. The smallest absolute Gasteiger partial charge is 0.314 e. The molecule has 1 heterocycles. The third kappa shape index (κ3) is 5.91. The number of carbonyl (C=O) groups excluding carboxylic acids is 1. The van der Waals surface area contributed by atoms with Crippen LogP contribution in [0.5, 0.6) is 11.5 Å². The van der Waals surface area contributed by atoms with E-state index < -0.39 is 4.92 Å². The van der Waals surface area contributed by atoms with Crippen molar-refractivity contribution >= 4 is 34.5 Å². The molecular formula is C22H25N3O6S. The molecule has 0 radical (unpaired) electrons. The van der Waals surface area contributed by atoms with E-state index in [4.69, 9.17) is 14.2 Å². The normalized spacial score (nSPS) is 10.8. The largest absolute Gasteiger partial charge is 0.496 e. The van der Waals surface area contributed by atoms with Crippen LogP contribution in [0.2, 0.25) is 0 Å². The van der Waals surface area contributed by atoms with Gasteiger partial charge in [0, 0.05) is 18.7 Å². The van der Waals surface area contributed by atoms with E-state index in [2.05, 4.69) is 9.55 Å². The van der Waals surface area contributed by atoms with E-state index in [1.165, 1.54) is 31.0 Å². The molecule has 0 fully saturated rings. The minimum absolute atomic E-state index is 0.138. The maximum atomic E-state index is 11.7. The van der Waals surface area contributed by atoms with Crippen LogP contribution < -0.4 is 9.47 Å². The summed E-state index contributed by atoms with van der Waals surface area (Å²) in [7, 11) is 1.45. The Kier molecular flexibility index (Phi) is 8.32. The van der Waals surface area contributed by atoms with Crippen LogP contribution in [0.1, 0.15) is 19.8 Å². The summed E-state index contributed by atoms with van der Waals surface area (Å²) in [6.07, 6.45) is 0.982. The molecule has 0 bridgehead atoms. The van der Waals surface area contributed by atoms with Gasteiger partial charge < -0.3 is 18.8 Å². The molecule has 3 rings (SSSR count). The van der Waals surface area contributed by atoms with Crippen molar-refractivity contribution in [2.24, 2.45) is 0 Å². The lowest BCUT2D eigenvalue weighted by Crippen LogP contribution is -2.08. The molecule has 9 nitrogen and oxygen atoms in total. The molecule has 0 atom stereocenters. The number of rotatable bonds is 12. The third-order valence-electron chi connectivity index (χ3n) is 4.62. The van der Waals surface area contributed by atoms with E-state index in [1.807, 2.05) is 24.3 Å². The standard InChI is InChI=1S/C22H25N3O6S/c1-3-30-21(26)9-6-12-24-18-8-5-4-7-17(18)23-22(24)32-14-13-31-20-11-10-16(29-2)15-19(20)25(27)28/h4-5,7-8,10-11,15H,3,6,9,12-14H2,1-2H3. The van der Waals surface area contributed by atoms with Gasteiger partial charge in [-0.15, -0.1) is 0 Å². The number of methoxy groups -OCH3 is 1. The quantitative estimate of drug-likeness (QED) is 0.128. The number of hydrogen-bond acceptors (Lipinski definition) is 8. The van der Waals surface area contributed by atoms with Gasteiger partial charge in [0.25, 0.3) is 0 Å². The average molecular weight is 460 g/mol. The molecule has 0 N–H and O–H groups in total. The second-order valence-electron chi connectivity index (χ2n) is 6.73. The molecule has 32 heavy (non-hydrogen) atoms. The number of fused-ring (bicyclic) bond motifs is 1. The van der Waals surface area contributed by atoms with E-state index in [0.29, 0.717) is 37.5 Å². The molecule has 0 aliphatic carbocycles. The van der Waals surface area contributed by atoms with Gasteiger partial charge in [-0.1, -0.05) is 23.9 Å². The molecule has 0 unspecified atom stereocenters. The minimum Gasteiger partial charge on any atom is -0.496 e. The topological polar surface area (TPSA) is 106 Å². The van der Waals surface area contributed by atoms with Gasteiger partial charge in [-0.05, 0) is 37.6 Å². The second kappa shape index (κ2) is 11.4. The summed E-state index contributed by atoms with van der Waals surface area (Å²) in [4.78, 5) is 27.1. The molecule has 170 valence electrons. The highest BCUT2D eigenvalue weighted by molar-refractivity contribution is 7.99. The van der Waals surface area contributed by atoms with Gasteiger partial charge in [-0.25, -0.2) is 4.98 Å². The van der Waals surface area contributed by atoms with E-state index in [9.17, 15) is 14.9 Å². The van der Waals surface area contributed by atoms with Crippen LogP contribution in [-0.2, 0) is 16.1 Å². The molecule has 2 aromatic carbocycles. The lowest BCUT2D eigenvalue weighted by atomic mass is 10.3. The SMILES string of the molecule is CCOC(=O)CCCn1c(SCCOc2ccc(OC)cc2[N+](=O)[O-])nc2ccccc21. The van der Waals surface area contributed by atoms with Crippen LogP contribution in [0.3, 0.4) is 0 Å². The number of aromatic nitrogens is 2. The molecule has 0 aliphatic heterocycles. The number of aryl methyl sites for hydroxylation is 1. The maximum Gasteiger partial charge on any atom is 0.314 e. The zero-order chi connectivity index (χ0) is 22.9. The highest BCUT2D eigenvalue weighted by Crippen LogP contribution is 2.31. The Balaban J connectivity index is 1.64. The van der Waals surface area contributed by atoms with Gasteiger partial charge in [0.2, 0.25) is 0 Å². The number of benzene rings is 2. The Morgan fingerprint density at radius 1 is 1.25 bits per heavy atom. The first-order valence-electron chi connectivity index (χ1n) is 10.2. The summed E-state index contributed by atoms with van der Waals surface area (Å²) in [6.45, 7) is 3.06. The number of ether oxygens (including phenoxy) is 3. The fourth-order valence-electron chi connectivity index (χ4n) is 3.17. The van der Waals surface area contributed by atoms with E-state index in [-0.39, 0.29) is 24.0 Å². The Morgan fingerprint density at radius 2 is 2.06 bits per heavy atom. The highest BCUT2D eigenvalue weighted by Gasteiger charge is 2.17. The zero-order valence-electron chi connectivity index (χ0n) is 18.0. The molecule has 1 aromatic heterocycles. The summed E-state index contributed by atoms with van der Waals surface area (Å²) >= 11 is 1.50. The van der Waals surface area contributed by atoms with Gasteiger partial charge in [0.05, 0.1) is 42.3 Å². The molecule has 0 amide bonds. The Labute approximate surface area is 189 Å². The Morgan fingerprint density at radius 3 is 2.81 bits per heavy atom. The van der Waals surface area contributed by atoms with Gasteiger partial charge in [-0.3, -0.25) is 14.9 Å². The van der Waals surface area contributed by atoms with Gasteiger partial charge in [0.15, 0.2) is 10.9 Å². The number of hydrogen-bond donors (Lipinski definition) is 0. The number of nitro benzene ring substituents is 1. The molecule has 0 spiro atoms. The predicted octanol–water partition coefficient (Wildman–Crippen LogP) is 4.47. The average Bonchev–Trinajstić information content (AvgIpc) is 3.14. The molecule has 0 saturated carbocycles. The van der Waals surface area contributed by atoms with Gasteiger partial charge in [0.1, 0.15) is 5.75 Å². The van der Waals surface area contributed by atoms with Crippen LogP contribution in [-0.4, -0.2) is 46.5 Å².